The lowest BCUT2D eigenvalue weighted by atomic mass is 9.95. The number of thiazole rings is 1. The molecule has 218 valence electrons. The molecule has 4 aromatic rings. The number of carbonyl (C=O) groups is 1. The summed E-state index contributed by atoms with van der Waals surface area (Å²) in [6.45, 7) is 16.1. The van der Waals surface area contributed by atoms with Crippen LogP contribution in [0.3, 0.4) is 0 Å². The van der Waals surface area contributed by atoms with Crippen molar-refractivity contribution in [3.05, 3.63) is 113 Å². The van der Waals surface area contributed by atoms with Crippen molar-refractivity contribution in [2.45, 2.75) is 67.5 Å². The number of rotatable bonds is 7. The van der Waals surface area contributed by atoms with Crippen LogP contribution < -0.4 is 19.6 Å². The van der Waals surface area contributed by atoms with Crippen molar-refractivity contribution < 1.29 is 14.3 Å². The Labute approximate surface area is 250 Å². The summed E-state index contributed by atoms with van der Waals surface area (Å²) in [6, 6.07) is 15.2. The van der Waals surface area contributed by atoms with Gasteiger partial charge in [0.25, 0.3) is 5.56 Å². The molecule has 3 heterocycles. The van der Waals surface area contributed by atoms with Gasteiger partial charge >= 0.3 is 5.97 Å². The number of benzene rings is 2. The van der Waals surface area contributed by atoms with Gasteiger partial charge in [-0.3, -0.25) is 9.36 Å². The number of carbonyl (C=O) groups excluding carboxylic acids is 1. The molecule has 0 amide bonds. The Hall–Kier alpha value is -4.17. The van der Waals surface area contributed by atoms with Gasteiger partial charge in [0.1, 0.15) is 11.8 Å². The highest BCUT2D eigenvalue weighted by atomic mass is 32.1. The van der Waals surface area contributed by atoms with Crippen LogP contribution in [-0.4, -0.2) is 27.8 Å². The number of nitrogens with zero attached hydrogens (tertiary/aromatic N) is 3. The van der Waals surface area contributed by atoms with Crippen molar-refractivity contribution in [2.75, 3.05) is 6.61 Å². The molecular formula is C34H37N3O4S. The largest absolute Gasteiger partial charge is 0.491 e. The summed E-state index contributed by atoms with van der Waals surface area (Å²) in [5.41, 5.74) is 8.02. The third kappa shape index (κ3) is 5.15. The van der Waals surface area contributed by atoms with Crippen LogP contribution in [0.5, 0.6) is 5.75 Å². The Morgan fingerprint density at radius 2 is 1.81 bits per heavy atom. The van der Waals surface area contributed by atoms with Crippen molar-refractivity contribution in [1.29, 1.82) is 0 Å². The van der Waals surface area contributed by atoms with Crippen LogP contribution in [0.25, 0.3) is 11.8 Å². The molecule has 1 atom stereocenters. The van der Waals surface area contributed by atoms with E-state index in [1.165, 1.54) is 22.5 Å². The zero-order valence-corrected chi connectivity index (χ0v) is 26.3. The lowest BCUT2D eigenvalue weighted by Crippen LogP contribution is -2.40. The predicted octanol–water partition coefficient (Wildman–Crippen LogP) is 5.61. The molecule has 8 heteroatoms. The summed E-state index contributed by atoms with van der Waals surface area (Å²) in [4.78, 5) is 32.8. The molecule has 2 aromatic heterocycles. The number of ether oxygens (including phenoxy) is 2. The summed E-state index contributed by atoms with van der Waals surface area (Å²) in [7, 11) is 0. The van der Waals surface area contributed by atoms with Crippen LogP contribution in [0.1, 0.15) is 67.4 Å². The Bertz CT molecular complexity index is 1910. The van der Waals surface area contributed by atoms with Crippen LogP contribution in [0.15, 0.2) is 69.6 Å². The molecule has 1 aliphatic rings. The lowest BCUT2D eigenvalue weighted by Gasteiger charge is -2.26. The van der Waals surface area contributed by atoms with Crippen molar-refractivity contribution >= 4 is 23.4 Å². The lowest BCUT2D eigenvalue weighted by molar-refractivity contribution is -0.139. The van der Waals surface area contributed by atoms with Gasteiger partial charge in [0.2, 0.25) is 0 Å². The number of hydrogen-bond donors (Lipinski definition) is 0. The third-order valence-corrected chi connectivity index (χ3v) is 8.65. The van der Waals surface area contributed by atoms with Crippen LogP contribution >= 0.6 is 11.3 Å². The van der Waals surface area contributed by atoms with Crippen LogP contribution in [0.2, 0.25) is 0 Å². The van der Waals surface area contributed by atoms with Gasteiger partial charge in [0.05, 0.1) is 28.5 Å². The molecule has 5 rings (SSSR count). The van der Waals surface area contributed by atoms with Gasteiger partial charge in [-0.25, -0.2) is 9.79 Å². The average Bonchev–Trinajstić information content (AvgIpc) is 3.39. The van der Waals surface area contributed by atoms with Crippen molar-refractivity contribution in [3.8, 4) is 11.4 Å². The minimum atomic E-state index is -0.736. The molecule has 1 aliphatic heterocycles. The van der Waals surface area contributed by atoms with Gasteiger partial charge in [-0.15, -0.1) is 0 Å². The van der Waals surface area contributed by atoms with E-state index >= 15 is 0 Å². The minimum Gasteiger partial charge on any atom is -0.491 e. The molecule has 0 spiro atoms. The summed E-state index contributed by atoms with van der Waals surface area (Å²) >= 11 is 1.32. The third-order valence-electron chi connectivity index (χ3n) is 7.67. The van der Waals surface area contributed by atoms with E-state index in [2.05, 4.69) is 56.5 Å². The van der Waals surface area contributed by atoms with E-state index in [0.29, 0.717) is 31.9 Å². The summed E-state index contributed by atoms with van der Waals surface area (Å²) in [5, 5.41) is 0. The van der Waals surface area contributed by atoms with Gasteiger partial charge in [-0.2, -0.15) is 0 Å². The number of aromatic nitrogens is 2. The predicted molar refractivity (Wildman–Crippen MR) is 167 cm³/mol. The molecule has 0 saturated carbocycles. The van der Waals surface area contributed by atoms with E-state index in [-0.39, 0.29) is 18.3 Å². The molecule has 2 aromatic carbocycles. The molecule has 42 heavy (non-hydrogen) atoms. The smallest absolute Gasteiger partial charge is 0.338 e. The SMILES string of the molecule is CCOC(=O)C1=C(C)N=c2s/c(=C/c3cc(C)n(-c4cccc(C)c4C)c3C)c(=O)n2[C@@H]1c1ccccc1OC(C)C. The first-order valence-electron chi connectivity index (χ1n) is 14.2. The highest BCUT2D eigenvalue weighted by Gasteiger charge is 2.35. The Balaban J connectivity index is 1.72. The standard InChI is InChI=1S/C34H37N3O4S/c1-9-40-33(39)30-23(7)35-34-37(31(30)26-14-10-11-16-28(26)41-19(2)3)32(38)29(42-34)18-25-17-21(5)36(24(25)8)27-15-12-13-20(4)22(27)6/h10-19,31H,9H2,1-8H3/b29-18+/t31-/m1/s1. The van der Waals surface area contributed by atoms with Gasteiger partial charge in [0, 0.05) is 22.6 Å². The molecular weight excluding hydrogens is 546 g/mol. The maximum absolute atomic E-state index is 14.2. The zero-order chi connectivity index (χ0) is 30.3. The molecule has 0 unspecified atom stereocenters. The zero-order valence-electron chi connectivity index (χ0n) is 25.4. The minimum absolute atomic E-state index is 0.0922. The fourth-order valence-electron chi connectivity index (χ4n) is 5.58. The topological polar surface area (TPSA) is 74.8 Å². The Morgan fingerprint density at radius 3 is 2.52 bits per heavy atom. The summed E-state index contributed by atoms with van der Waals surface area (Å²) in [6.07, 6.45) is 1.84. The van der Waals surface area contributed by atoms with Crippen LogP contribution in [0.4, 0.5) is 0 Å². The van der Waals surface area contributed by atoms with Gasteiger partial charge in [-0.05, 0) is 96.4 Å². The number of hydrogen-bond acceptors (Lipinski definition) is 6. The maximum Gasteiger partial charge on any atom is 0.338 e. The maximum atomic E-state index is 14.2. The quantitative estimate of drug-likeness (QED) is 0.265. The second-order valence-corrected chi connectivity index (χ2v) is 11.9. The van der Waals surface area contributed by atoms with E-state index in [0.717, 1.165) is 22.6 Å². The van der Waals surface area contributed by atoms with Crippen LogP contribution in [-0.2, 0) is 9.53 Å². The van der Waals surface area contributed by atoms with Gasteiger partial charge in [-0.1, -0.05) is 41.7 Å². The average molecular weight is 584 g/mol. The fraction of sp³-hybridized carbons (Fsp3) is 0.324. The first-order chi connectivity index (χ1) is 20.0. The first-order valence-corrected chi connectivity index (χ1v) is 15.1. The summed E-state index contributed by atoms with van der Waals surface area (Å²) in [5.74, 6) is 0.120. The number of allylic oxidation sites excluding steroid dienone is 1. The van der Waals surface area contributed by atoms with Crippen molar-refractivity contribution in [3.63, 3.8) is 0 Å². The molecule has 0 N–H and O–H groups in total. The molecule has 0 bridgehead atoms. The van der Waals surface area contributed by atoms with E-state index < -0.39 is 12.0 Å². The Kier molecular flexibility index (Phi) is 8.10. The second-order valence-electron chi connectivity index (χ2n) is 10.9. The summed E-state index contributed by atoms with van der Waals surface area (Å²) < 4.78 is 16.0. The highest BCUT2D eigenvalue weighted by Crippen LogP contribution is 2.36. The molecule has 7 nitrogen and oxygen atoms in total. The molecule has 0 radical (unpaired) electrons. The van der Waals surface area contributed by atoms with E-state index in [1.807, 2.05) is 44.2 Å². The monoisotopic (exact) mass is 583 g/mol. The normalized spacial score (nSPS) is 15.2. The van der Waals surface area contributed by atoms with Gasteiger partial charge < -0.3 is 14.0 Å². The van der Waals surface area contributed by atoms with E-state index in [1.54, 1.807) is 18.4 Å². The number of para-hydroxylation sites is 1. The van der Waals surface area contributed by atoms with Gasteiger partial charge in [0.15, 0.2) is 4.80 Å². The Morgan fingerprint density at radius 1 is 1.07 bits per heavy atom. The van der Waals surface area contributed by atoms with E-state index in [4.69, 9.17) is 14.5 Å². The molecule has 0 saturated heterocycles. The highest BCUT2D eigenvalue weighted by molar-refractivity contribution is 7.07. The van der Waals surface area contributed by atoms with Crippen molar-refractivity contribution in [2.24, 2.45) is 4.99 Å². The number of aryl methyl sites for hydroxylation is 2. The first kappa shape index (κ1) is 29.3. The number of esters is 1. The second kappa shape index (κ2) is 11.6. The molecule has 0 aliphatic carbocycles. The fourth-order valence-corrected chi connectivity index (χ4v) is 6.61. The molecule has 0 fully saturated rings. The van der Waals surface area contributed by atoms with E-state index in [9.17, 15) is 9.59 Å². The number of fused-ring (bicyclic) bond motifs is 1. The van der Waals surface area contributed by atoms with Crippen LogP contribution in [0, 0.1) is 27.7 Å². The van der Waals surface area contributed by atoms with Crippen molar-refractivity contribution in [1.82, 2.24) is 9.13 Å².